The van der Waals surface area contributed by atoms with Crippen molar-refractivity contribution in [3.63, 3.8) is 0 Å². The Morgan fingerprint density at radius 3 is 2.81 bits per heavy atom. The molecule has 0 atom stereocenters. The summed E-state index contributed by atoms with van der Waals surface area (Å²) >= 11 is 0. The van der Waals surface area contributed by atoms with Gasteiger partial charge >= 0.3 is 6.09 Å². The SMILES string of the molecule is NC(=O)Oc1cc(-c2cnc(Nc3ccc(N4CCOCC4)nc3)c3ncnn23)co1. The van der Waals surface area contributed by atoms with E-state index in [1.807, 2.05) is 12.1 Å². The van der Waals surface area contributed by atoms with Gasteiger partial charge in [-0.15, -0.1) is 0 Å². The van der Waals surface area contributed by atoms with E-state index in [9.17, 15) is 4.79 Å². The third kappa shape index (κ3) is 3.83. The van der Waals surface area contributed by atoms with E-state index in [0.717, 1.165) is 24.6 Å². The minimum absolute atomic E-state index is 0.0237. The van der Waals surface area contributed by atoms with E-state index in [4.69, 9.17) is 19.6 Å². The normalized spacial score (nSPS) is 14.0. The highest BCUT2D eigenvalue weighted by Gasteiger charge is 2.16. The van der Waals surface area contributed by atoms with Gasteiger partial charge in [-0.3, -0.25) is 0 Å². The molecule has 0 aliphatic carbocycles. The zero-order valence-corrected chi connectivity index (χ0v) is 16.3. The molecular formula is C19H18N8O4. The summed E-state index contributed by atoms with van der Waals surface area (Å²) in [6, 6.07) is 5.41. The van der Waals surface area contributed by atoms with Gasteiger partial charge in [0.1, 0.15) is 18.4 Å². The van der Waals surface area contributed by atoms with Crippen molar-refractivity contribution in [3.8, 4) is 17.2 Å². The topological polar surface area (TPSA) is 146 Å². The van der Waals surface area contributed by atoms with E-state index in [0.29, 0.717) is 35.9 Å². The van der Waals surface area contributed by atoms with Gasteiger partial charge in [-0.05, 0) is 12.1 Å². The van der Waals surface area contributed by atoms with Crippen LogP contribution in [0.1, 0.15) is 0 Å². The molecule has 3 N–H and O–H groups in total. The minimum atomic E-state index is -0.960. The van der Waals surface area contributed by atoms with Crippen LogP contribution in [0.2, 0.25) is 0 Å². The Bertz CT molecular complexity index is 1210. The van der Waals surface area contributed by atoms with E-state index >= 15 is 0 Å². The van der Waals surface area contributed by atoms with Crippen LogP contribution in [0, 0.1) is 0 Å². The lowest BCUT2D eigenvalue weighted by molar-refractivity contribution is 0.122. The molecule has 0 radical (unpaired) electrons. The van der Waals surface area contributed by atoms with E-state index in [1.54, 1.807) is 16.9 Å². The molecule has 5 rings (SSSR count). The fraction of sp³-hybridized carbons (Fsp3) is 0.211. The summed E-state index contributed by atoms with van der Waals surface area (Å²) < 4.78 is 16.9. The van der Waals surface area contributed by atoms with Gasteiger partial charge in [-0.25, -0.2) is 24.3 Å². The number of hydrogen-bond acceptors (Lipinski definition) is 10. The molecule has 1 saturated heterocycles. The van der Waals surface area contributed by atoms with Crippen molar-refractivity contribution >= 4 is 29.1 Å². The largest absolute Gasteiger partial charge is 0.433 e. The van der Waals surface area contributed by atoms with E-state index in [2.05, 4.69) is 30.3 Å². The highest BCUT2D eigenvalue weighted by atomic mass is 16.6. The number of fused-ring (bicyclic) bond motifs is 1. The number of nitrogens with zero attached hydrogens (tertiary/aromatic N) is 6. The molecule has 0 bridgehead atoms. The number of carbonyl (C=O) groups excluding carboxylic acids is 1. The number of rotatable bonds is 5. The average molecular weight is 422 g/mol. The fourth-order valence-electron chi connectivity index (χ4n) is 3.28. The lowest BCUT2D eigenvalue weighted by Gasteiger charge is -2.27. The fourth-order valence-corrected chi connectivity index (χ4v) is 3.28. The van der Waals surface area contributed by atoms with Crippen LogP contribution in [0.15, 0.2) is 47.6 Å². The van der Waals surface area contributed by atoms with Gasteiger partial charge in [0.2, 0.25) is 0 Å². The number of ether oxygens (including phenoxy) is 2. The lowest BCUT2D eigenvalue weighted by atomic mass is 10.2. The number of nitrogens with one attached hydrogen (secondary N) is 1. The number of anilines is 3. The second-order valence-corrected chi connectivity index (χ2v) is 6.69. The van der Waals surface area contributed by atoms with Gasteiger partial charge in [-0.2, -0.15) is 5.10 Å². The zero-order chi connectivity index (χ0) is 21.2. The Morgan fingerprint density at radius 2 is 2.03 bits per heavy atom. The standard InChI is InChI=1S/C19H18N8O4/c20-19(28)31-16-7-12(10-30-16)14-9-22-17(18-23-11-24-27(14)18)25-13-1-2-15(21-8-13)26-3-5-29-6-4-26/h1-2,7-11H,3-6H2,(H2,20,28)(H,22,25). The molecule has 0 spiro atoms. The first kappa shape index (κ1) is 18.8. The molecule has 5 heterocycles. The number of morpholine rings is 1. The number of nitrogens with two attached hydrogens (primary N) is 1. The van der Waals surface area contributed by atoms with E-state index < -0.39 is 6.09 Å². The molecule has 31 heavy (non-hydrogen) atoms. The Labute approximate surface area is 175 Å². The summed E-state index contributed by atoms with van der Waals surface area (Å²) in [6.45, 7) is 3.05. The van der Waals surface area contributed by atoms with Crippen LogP contribution in [0.4, 0.5) is 22.1 Å². The molecule has 12 heteroatoms. The molecule has 4 aromatic rings. The Hall–Kier alpha value is -4.19. The molecule has 12 nitrogen and oxygen atoms in total. The summed E-state index contributed by atoms with van der Waals surface area (Å²) in [5, 5.41) is 7.48. The van der Waals surface area contributed by atoms with Crippen LogP contribution in [-0.2, 0) is 4.74 Å². The number of amides is 1. The van der Waals surface area contributed by atoms with Crippen LogP contribution in [-0.4, -0.2) is 57.0 Å². The Balaban J connectivity index is 1.39. The van der Waals surface area contributed by atoms with Crippen molar-refractivity contribution in [3.05, 3.63) is 43.2 Å². The first-order chi connectivity index (χ1) is 15.2. The van der Waals surface area contributed by atoms with Crippen LogP contribution < -0.4 is 20.7 Å². The monoisotopic (exact) mass is 422 g/mol. The molecule has 158 valence electrons. The third-order valence-electron chi connectivity index (χ3n) is 4.72. The highest BCUT2D eigenvalue weighted by molar-refractivity contribution is 5.74. The van der Waals surface area contributed by atoms with E-state index in [-0.39, 0.29) is 5.95 Å². The maximum atomic E-state index is 10.9. The van der Waals surface area contributed by atoms with Crippen molar-refractivity contribution in [2.75, 3.05) is 36.5 Å². The molecule has 4 aromatic heterocycles. The smallest absolute Gasteiger partial charge is 0.412 e. The van der Waals surface area contributed by atoms with Crippen molar-refractivity contribution < 1.29 is 18.7 Å². The van der Waals surface area contributed by atoms with Crippen molar-refractivity contribution in [1.82, 2.24) is 24.6 Å². The molecule has 1 amide bonds. The van der Waals surface area contributed by atoms with Crippen LogP contribution >= 0.6 is 0 Å². The molecule has 0 aromatic carbocycles. The predicted molar refractivity (Wildman–Crippen MR) is 109 cm³/mol. The van der Waals surface area contributed by atoms with Crippen molar-refractivity contribution in [2.45, 2.75) is 0 Å². The summed E-state index contributed by atoms with van der Waals surface area (Å²) in [5.74, 6) is 1.39. The first-order valence-electron chi connectivity index (χ1n) is 9.48. The van der Waals surface area contributed by atoms with Crippen LogP contribution in [0.5, 0.6) is 5.95 Å². The molecule has 0 unspecified atom stereocenters. The first-order valence-corrected chi connectivity index (χ1v) is 9.48. The number of pyridine rings is 1. The molecular weight excluding hydrogens is 404 g/mol. The number of furan rings is 1. The summed E-state index contributed by atoms with van der Waals surface area (Å²) in [5.41, 5.74) is 7.48. The number of aromatic nitrogens is 5. The van der Waals surface area contributed by atoms with Gasteiger partial charge in [0, 0.05) is 24.7 Å². The maximum absolute atomic E-state index is 10.9. The second-order valence-electron chi connectivity index (χ2n) is 6.69. The van der Waals surface area contributed by atoms with Gasteiger partial charge < -0.3 is 29.8 Å². The lowest BCUT2D eigenvalue weighted by Crippen LogP contribution is -2.36. The second kappa shape index (κ2) is 7.91. The maximum Gasteiger partial charge on any atom is 0.412 e. The Morgan fingerprint density at radius 1 is 1.16 bits per heavy atom. The van der Waals surface area contributed by atoms with Gasteiger partial charge in [0.25, 0.3) is 5.95 Å². The van der Waals surface area contributed by atoms with Crippen LogP contribution in [0.3, 0.4) is 0 Å². The average Bonchev–Trinajstić information content (AvgIpc) is 3.45. The molecule has 1 aliphatic rings. The molecule has 0 saturated carbocycles. The summed E-state index contributed by atoms with van der Waals surface area (Å²) in [7, 11) is 0. The van der Waals surface area contributed by atoms with Crippen molar-refractivity contribution in [1.29, 1.82) is 0 Å². The molecule has 1 fully saturated rings. The summed E-state index contributed by atoms with van der Waals surface area (Å²) in [6.07, 6.45) is 5.23. The number of primary amides is 1. The number of hydrogen-bond donors (Lipinski definition) is 2. The summed E-state index contributed by atoms with van der Waals surface area (Å²) in [4.78, 5) is 26.4. The van der Waals surface area contributed by atoms with Gasteiger partial charge in [0.05, 0.1) is 37.0 Å². The van der Waals surface area contributed by atoms with Gasteiger partial charge in [-0.1, -0.05) is 0 Å². The van der Waals surface area contributed by atoms with E-state index in [1.165, 1.54) is 18.7 Å². The Kier molecular flexibility index (Phi) is 4.80. The van der Waals surface area contributed by atoms with Crippen molar-refractivity contribution in [2.24, 2.45) is 5.73 Å². The minimum Gasteiger partial charge on any atom is -0.433 e. The quantitative estimate of drug-likeness (QED) is 0.488. The van der Waals surface area contributed by atoms with Gasteiger partial charge in [0.15, 0.2) is 11.5 Å². The zero-order valence-electron chi connectivity index (χ0n) is 16.3. The highest BCUT2D eigenvalue weighted by Crippen LogP contribution is 2.28. The number of carbonyl (C=O) groups is 1. The predicted octanol–water partition coefficient (Wildman–Crippen LogP) is 1.82. The molecule has 1 aliphatic heterocycles. The third-order valence-corrected chi connectivity index (χ3v) is 4.72. The van der Waals surface area contributed by atoms with Crippen LogP contribution in [0.25, 0.3) is 16.9 Å².